The van der Waals surface area contributed by atoms with Gasteiger partial charge in [0.2, 0.25) is 0 Å². The number of Topliss-reactive ketones (excluding diaryl/α,β-unsaturated/α-hetero) is 1. The quantitative estimate of drug-likeness (QED) is 0.747. The van der Waals surface area contributed by atoms with E-state index in [2.05, 4.69) is 15.1 Å². The smallest absolute Gasteiger partial charge is 0.195 e. The predicted octanol–water partition coefficient (Wildman–Crippen LogP) is 2.69. The van der Waals surface area contributed by atoms with Crippen LogP contribution in [0.25, 0.3) is 0 Å². The molecule has 21 heavy (non-hydrogen) atoms. The maximum absolute atomic E-state index is 12.3. The summed E-state index contributed by atoms with van der Waals surface area (Å²) in [7, 11) is 0. The second-order valence-corrected chi connectivity index (χ2v) is 6.24. The molecule has 2 aliphatic heterocycles. The molecule has 1 aliphatic carbocycles. The normalized spacial score (nSPS) is 29.3. The van der Waals surface area contributed by atoms with Crippen LogP contribution in [0.15, 0.2) is 33.7 Å². The van der Waals surface area contributed by atoms with Crippen LogP contribution in [0.5, 0.6) is 0 Å². The summed E-state index contributed by atoms with van der Waals surface area (Å²) >= 11 is 0. The highest BCUT2D eigenvalue weighted by Gasteiger charge is 2.35. The monoisotopic (exact) mass is 287 g/mol. The Kier molecular flexibility index (Phi) is 4.39. The fourth-order valence-corrected chi connectivity index (χ4v) is 3.67. The molecule has 5 heteroatoms. The van der Waals surface area contributed by atoms with Crippen molar-refractivity contribution in [2.75, 3.05) is 19.6 Å². The molecule has 2 atom stereocenters. The van der Waals surface area contributed by atoms with E-state index >= 15 is 0 Å². The van der Waals surface area contributed by atoms with Gasteiger partial charge in [0.15, 0.2) is 5.78 Å². The Morgan fingerprint density at radius 3 is 2.62 bits per heavy atom. The number of likely N-dealkylation sites (tertiary alicyclic amines) is 1. The molecular formula is C16H21N3O2. The number of rotatable bonds is 4. The molecule has 1 saturated carbocycles. The highest BCUT2D eigenvalue weighted by atomic mass is 16.3. The second-order valence-electron chi connectivity index (χ2n) is 6.24. The van der Waals surface area contributed by atoms with Gasteiger partial charge in [0.05, 0.1) is 12.2 Å². The van der Waals surface area contributed by atoms with Crippen molar-refractivity contribution in [3.63, 3.8) is 0 Å². The Bertz CT molecular complexity index is 508. The minimum Gasteiger partial charge on any atom is -0.295 e. The molecule has 0 aromatic rings. The Hall–Kier alpha value is -1.62. The number of aliphatic imine (C=N–C) groups is 1. The number of ketones is 1. The fourth-order valence-electron chi connectivity index (χ4n) is 3.67. The molecule has 0 spiro atoms. The van der Waals surface area contributed by atoms with E-state index in [1.165, 1.54) is 25.7 Å². The van der Waals surface area contributed by atoms with Crippen molar-refractivity contribution in [2.24, 2.45) is 22.0 Å². The van der Waals surface area contributed by atoms with Crippen LogP contribution in [-0.2, 0) is 4.79 Å². The van der Waals surface area contributed by atoms with Crippen molar-refractivity contribution >= 4 is 12.0 Å². The summed E-state index contributed by atoms with van der Waals surface area (Å²) in [6, 6.07) is 0. The lowest BCUT2D eigenvalue weighted by Crippen LogP contribution is -2.28. The van der Waals surface area contributed by atoms with Gasteiger partial charge in [-0.25, -0.2) is 0 Å². The van der Waals surface area contributed by atoms with Crippen molar-refractivity contribution in [1.29, 1.82) is 0 Å². The van der Waals surface area contributed by atoms with Gasteiger partial charge in [-0.1, -0.05) is 12.8 Å². The average Bonchev–Trinajstić information content (AvgIpc) is 2.74. The van der Waals surface area contributed by atoms with Gasteiger partial charge in [0.1, 0.15) is 5.70 Å². The number of hydrogen-bond acceptors (Lipinski definition) is 5. The van der Waals surface area contributed by atoms with Gasteiger partial charge in [-0.05, 0) is 42.0 Å². The van der Waals surface area contributed by atoms with Crippen molar-refractivity contribution in [3.8, 4) is 0 Å². The third-order valence-electron chi connectivity index (χ3n) is 4.79. The van der Waals surface area contributed by atoms with E-state index in [0.717, 1.165) is 24.9 Å². The lowest BCUT2D eigenvalue weighted by Gasteiger charge is -2.23. The minimum atomic E-state index is 0.0355. The van der Waals surface area contributed by atoms with E-state index in [1.807, 2.05) is 0 Å². The Balaban J connectivity index is 1.60. The summed E-state index contributed by atoms with van der Waals surface area (Å²) in [5.41, 5.74) is 0.845. The first-order valence-corrected chi connectivity index (χ1v) is 7.78. The molecule has 0 N–H and O–H groups in total. The van der Waals surface area contributed by atoms with Gasteiger partial charge in [-0.3, -0.25) is 14.7 Å². The average molecular weight is 287 g/mol. The first-order chi connectivity index (χ1) is 10.3. The van der Waals surface area contributed by atoms with E-state index in [0.29, 0.717) is 24.4 Å². The number of carbonyl (C=O) groups excluding carboxylic acids is 1. The molecule has 3 aliphatic rings. The van der Waals surface area contributed by atoms with Gasteiger partial charge < -0.3 is 0 Å². The molecule has 2 heterocycles. The van der Waals surface area contributed by atoms with E-state index in [9.17, 15) is 9.70 Å². The van der Waals surface area contributed by atoms with Crippen molar-refractivity contribution < 1.29 is 4.79 Å². The lowest BCUT2D eigenvalue weighted by atomic mass is 9.82. The third-order valence-corrected chi connectivity index (χ3v) is 4.79. The Morgan fingerprint density at radius 2 is 1.95 bits per heavy atom. The minimum absolute atomic E-state index is 0.0355. The number of hydrogen-bond donors (Lipinski definition) is 0. The van der Waals surface area contributed by atoms with Gasteiger partial charge in [0, 0.05) is 25.7 Å². The topological polar surface area (TPSA) is 62.1 Å². The largest absolute Gasteiger partial charge is 0.295 e. The first-order valence-electron chi connectivity index (χ1n) is 7.78. The zero-order valence-electron chi connectivity index (χ0n) is 12.2. The van der Waals surface area contributed by atoms with Gasteiger partial charge in [-0.2, -0.15) is 0 Å². The maximum atomic E-state index is 12.3. The SMILES string of the molecule is O=NC1=CC=C(C(=O)CN2CC3CCCCC3C2)N=CC1. The van der Waals surface area contributed by atoms with Crippen molar-refractivity contribution in [3.05, 3.63) is 28.5 Å². The molecule has 1 saturated heterocycles. The highest BCUT2D eigenvalue weighted by Crippen LogP contribution is 2.35. The van der Waals surface area contributed by atoms with E-state index in [4.69, 9.17) is 0 Å². The molecule has 0 aromatic carbocycles. The van der Waals surface area contributed by atoms with E-state index in [1.54, 1.807) is 18.4 Å². The molecular weight excluding hydrogens is 266 g/mol. The number of allylic oxidation sites excluding steroid dienone is 3. The van der Waals surface area contributed by atoms with Crippen LogP contribution in [0.4, 0.5) is 0 Å². The molecule has 3 rings (SSSR count). The Morgan fingerprint density at radius 1 is 1.24 bits per heavy atom. The molecule has 5 nitrogen and oxygen atoms in total. The van der Waals surface area contributed by atoms with Crippen LogP contribution < -0.4 is 0 Å². The maximum Gasteiger partial charge on any atom is 0.195 e. The van der Waals surface area contributed by atoms with Gasteiger partial charge in [0.25, 0.3) is 0 Å². The lowest BCUT2D eigenvalue weighted by molar-refractivity contribution is -0.116. The molecule has 0 radical (unpaired) electrons. The first kappa shape index (κ1) is 14.3. The zero-order chi connectivity index (χ0) is 14.7. The van der Waals surface area contributed by atoms with Crippen LogP contribution in [0, 0.1) is 16.7 Å². The number of nitroso groups, excluding NO2 is 1. The van der Waals surface area contributed by atoms with E-state index < -0.39 is 0 Å². The van der Waals surface area contributed by atoms with Gasteiger partial charge >= 0.3 is 0 Å². The van der Waals surface area contributed by atoms with Gasteiger partial charge in [-0.15, -0.1) is 4.91 Å². The summed E-state index contributed by atoms with van der Waals surface area (Å²) in [5, 5.41) is 2.91. The van der Waals surface area contributed by atoms with E-state index in [-0.39, 0.29) is 5.78 Å². The van der Waals surface area contributed by atoms with Crippen molar-refractivity contribution in [2.45, 2.75) is 32.1 Å². The van der Waals surface area contributed by atoms with Crippen molar-refractivity contribution in [1.82, 2.24) is 4.90 Å². The zero-order valence-corrected chi connectivity index (χ0v) is 12.2. The molecule has 0 bridgehead atoms. The van der Waals surface area contributed by atoms with Crippen LogP contribution >= 0.6 is 0 Å². The Labute approximate surface area is 124 Å². The summed E-state index contributed by atoms with van der Waals surface area (Å²) in [4.78, 5) is 29.3. The molecule has 112 valence electrons. The molecule has 0 amide bonds. The van der Waals surface area contributed by atoms with Crippen LogP contribution in [0.3, 0.4) is 0 Å². The van der Waals surface area contributed by atoms with Crippen LogP contribution in [0.2, 0.25) is 0 Å². The molecule has 2 fully saturated rings. The summed E-state index contributed by atoms with van der Waals surface area (Å²) in [6.07, 6.45) is 10.5. The number of nitrogens with zero attached hydrogens (tertiary/aromatic N) is 3. The van der Waals surface area contributed by atoms with Crippen LogP contribution in [0.1, 0.15) is 32.1 Å². The second kappa shape index (κ2) is 6.43. The number of fused-ring (bicyclic) bond motifs is 1. The number of carbonyl (C=O) groups is 1. The summed E-state index contributed by atoms with van der Waals surface area (Å²) in [6.45, 7) is 2.53. The summed E-state index contributed by atoms with van der Waals surface area (Å²) in [5.74, 6) is 1.60. The molecule has 0 aromatic heterocycles. The molecule has 2 unspecified atom stereocenters. The van der Waals surface area contributed by atoms with Crippen LogP contribution in [-0.4, -0.2) is 36.5 Å². The predicted molar refractivity (Wildman–Crippen MR) is 82.0 cm³/mol. The third kappa shape index (κ3) is 3.35. The standard InChI is InChI=1S/C16H21N3O2/c20-16(15-6-5-14(18-21)7-8-17-15)11-19-9-12-3-1-2-4-13(12)10-19/h5-6,8,12-13H,1-4,7,9-11H2. The summed E-state index contributed by atoms with van der Waals surface area (Å²) < 4.78 is 0. The highest BCUT2D eigenvalue weighted by molar-refractivity contribution is 5.98. The fraction of sp³-hybridized carbons (Fsp3) is 0.625.